The number of carbonyl (C=O) groups excluding carboxylic acids is 2. The highest BCUT2D eigenvalue weighted by molar-refractivity contribution is 7.09. The summed E-state index contributed by atoms with van der Waals surface area (Å²) in [6.07, 6.45) is 7.13. The van der Waals surface area contributed by atoms with Crippen LogP contribution in [0.5, 0.6) is 0 Å². The van der Waals surface area contributed by atoms with Crippen LogP contribution in [0.1, 0.15) is 89.8 Å². The molecular weight excluding hydrogens is 462 g/mol. The van der Waals surface area contributed by atoms with Gasteiger partial charge in [0.2, 0.25) is 0 Å². The Bertz CT molecular complexity index is 962. The second kappa shape index (κ2) is 11.9. The van der Waals surface area contributed by atoms with Gasteiger partial charge >= 0.3 is 5.97 Å². The van der Waals surface area contributed by atoms with Crippen molar-refractivity contribution in [2.24, 2.45) is 17.3 Å². The number of allylic oxidation sites excluding steroid dienone is 1. The van der Waals surface area contributed by atoms with Crippen molar-refractivity contribution < 1.29 is 24.5 Å². The topological polar surface area (TPSA) is 96.7 Å². The molecule has 7 heteroatoms. The van der Waals surface area contributed by atoms with Crippen LogP contribution in [0, 0.1) is 24.2 Å². The summed E-state index contributed by atoms with van der Waals surface area (Å²) < 4.78 is 5.85. The van der Waals surface area contributed by atoms with Gasteiger partial charge in [-0.2, -0.15) is 0 Å². The van der Waals surface area contributed by atoms with Crippen molar-refractivity contribution in [2.45, 2.75) is 104 Å². The van der Waals surface area contributed by atoms with Crippen LogP contribution >= 0.6 is 11.3 Å². The van der Waals surface area contributed by atoms with Crippen LogP contribution in [0.25, 0.3) is 6.08 Å². The molecule has 1 aromatic rings. The van der Waals surface area contributed by atoms with Crippen molar-refractivity contribution in [3.05, 3.63) is 33.3 Å². The molecule has 0 spiro atoms. The van der Waals surface area contributed by atoms with Gasteiger partial charge in [0.25, 0.3) is 0 Å². The van der Waals surface area contributed by atoms with E-state index in [0.29, 0.717) is 12.8 Å². The van der Waals surface area contributed by atoms with Crippen LogP contribution in [0.2, 0.25) is 0 Å². The molecule has 1 saturated carbocycles. The van der Waals surface area contributed by atoms with Crippen molar-refractivity contribution in [2.75, 3.05) is 0 Å². The van der Waals surface area contributed by atoms with Crippen molar-refractivity contribution >= 4 is 29.2 Å². The molecule has 2 N–H and O–H groups in total. The molecule has 35 heavy (non-hydrogen) atoms. The van der Waals surface area contributed by atoms with Gasteiger partial charge in [0.1, 0.15) is 11.9 Å². The first-order chi connectivity index (χ1) is 16.5. The van der Waals surface area contributed by atoms with Crippen LogP contribution in [0.4, 0.5) is 0 Å². The number of ether oxygens (including phenoxy) is 1. The Hall–Kier alpha value is -1.83. The number of cyclic esters (lactones) is 1. The minimum atomic E-state index is -1.19. The second-order valence-electron chi connectivity index (χ2n) is 10.9. The molecule has 5 atom stereocenters. The minimum Gasteiger partial charge on any atom is -0.457 e. The summed E-state index contributed by atoms with van der Waals surface area (Å²) in [6, 6.07) is 0. The predicted molar refractivity (Wildman–Crippen MR) is 139 cm³/mol. The molecule has 1 aliphatic heterocycles. The third kappa shape index (κ3) is 7.11. The number of esters is 1. The van der Waals surface area contributed by atoms with Gasteiger partial charge in [-0.3, -0.25) is 9.59 Å². The molecule has 1 aliphatic carbocycles. The van der Waals surface area contributed by atoms with Crippen LogP contribution in [0.15, 0.2) is 22.6 Å². The molecule has 1 aromatic heterocycles. The molecule has 194 valence electrons. The standard InChI is InChI=1S/C28H41NO5S/c1-17-8-6-9-20-10-7-11-22(26(20)32)27(33)28(4,5)24(30)15-25(31)34-23(13-12-17)18(2)14-21-16-35-19(3)29-21/h12,14,16,20,22-24,26,30,32H,6-11,13,15H2,1-5H3/b17-12-,18-14+/t20-,22-,23+,24+,26+/m1/s1. The lowest BCUT2D eigenvalue weighted by Crippen LogP contribution is -2.48. The number of aromatic nitrogens is 1. The van der Waals surface area contributed by atoms with Gasteiger partial charge in [-0.05, 0) is 70.4 Å². The van der Waals surface area contributed by atoms with Crippen LogP contribution in [-0.4, -0.2) is 45.3 Å². The first-order valence-electron chi connectivity index (χ1n) is 12.8. The largest absolute Gasteiger partial charge is 0.457 e. The van der Waals surface area contributed by atoms with Crippen molar-refractivity contribution in [3.63, 3.8) is 0 Å². The van der Waals surface area contributed by atoms with Crippen molar-refractivity contribution in [3.8, 4) is 0 Å². The monoisotopic (exact) mass is 503 g/mol. The number of aliphatic hydroxyl groups excluding tert-OH is 2. The average molecular weight is 504 g/mol. The Morgan fingerprint density at radius 3 is 2.57 bits per heavy atom. The fourth-order valence-corrected chi connectivity index (χ4v) is 5.86. The molecule has 1 fully saturated rings. The van der Waals surface area contributed by atoms with Gasteiger partial charge in [0, 0.05) is 17.7 Å². The molecule has 0 radical (unpaired) electrons. The second-order valence-corrected chi connectivity index (χ2v) is 12.0. The molecule has 0 aromatic carbocycles. The van der Waals surface area contributed by atoms with Gasteiger partial charge < -0.3 is 14.9 Å². The lowest BCUT2D eigenvalue weighted by atomic mass is 9.67. The van der Waals surface area contributed by atoms with E-state index in [-0.39, 0.29) is 18.1 Å². The maximum absolute atomic E-state index is 13.4. The Labute approximate surface area is 213 Å². The molecule has 6 nitrogen and oxygen atoms in total. The number of aliphatic hydroxyl groups is 2. The molecule has 3 rings (SSSR count). The Morgan fingerprint density at radius 1 is 1.17 bits per heavy atom. The van der Waals surface area contributed by atoms with Gasteiger partial charge in [-0.25, -0.2) is 4.98 Å². The summed E-state index contributed by atoms with van der Waals surface area (Å²) >= 11 is 1.57. The van der Waals surface area contributed by atoms with E-state index in [1.54, 1.807) is 25.2 Å². The number of hydrogen-bond acceptors (Lipinski definition) is 7. The fourth-order valence-electron chi connectivity index (χ4n) is 5.29. The smallest absolute Gasteiger partial charge is 0.309 e. The van der Waals surface area contributed by atoms with Gasteiger partial charge in [0.05, 0.1) is 34.7 Å². The van der Waals surface area contributed by atoms with Crippen molar-refractivity contribution in [1.29, 1.82) is 0 Å². The highest BCUT2D eigenvalue weighted by Crippen LogP contribution is 2.39. The molecule has 2 aliphatic rings. The lowest BCUT2D eigenvalue weighted by Gasteiger charge is -2.39. The summed E-state index contributed by atoms with van der Waals surface area (Å²) in [5.74, 6) is -1.11. The zero-order chi connectivity index (χ0) is 25.8. The quantitative estimate of drug-likeness (QED) is 0.414. The Morgan fingerprint density at radius 2 is 1.89 bits per heavy atom. The first-order valence-corrected chi connectivity index (χ1v) is 13.7. The van der Waals surface area contributed by atoms with E-state index < -0.39 is 35.6 Å². The third-order valence-corrected chi connectivity index (χ3v) is 8.56. The molecular formula is C28H41NO5S. The van der Waals surface area contributed by atoms with E-state index in [9.17, 15) is 19.8 Å². The fraction of sp³-hybridized carbons (Fsp3) is 0.679. The SMILES string of the molecule is C/C1=C/C[C@@H](/C(C)=C/c2csc(C)n2)OC(=O)C[C@H](O)C(C)(C)C(=O)[C@@H]2CCC[C@@H](CCC1)[C@@H]2O. The average Bonchev–Trinajstić information content (AvgIpc) is 3.20. The predicted octanol–water partition coefficient (Wildman–Crippen LogP) is 5.41. The lowest BCUT2D eigenvalue weighted by molar-refractivity contribution is -0.155. The third-order valence-electron chi connectivity index (χ3n) is 7.77. The normalized spacial score (nSPS) is 33.1. The molecule has 0 saturated heterocycles. The molecule has 2 bridgehead atoms. The Kier molecular flexibility index (Phi) is 9.47. The number of rotatable bonds is 2. The minimum absolute atomic E-state index is 0.0933. The highest BCUT2D eigenvalue weighted by Gasteiger charge is 2.45. The van der Waals surface area contributed by atoms with Gasteiger partial charge in [-0.15, -0.1) is 11.3 Å². The number of nitrogens with zero attached hydrogens (tertiary/aromatic N) is 1. The Balaban J connectivity index is 1.87. The maximum atomic E-state index is 13.4. The van der Waals surface area contributed by atoms with E-state index >= 15 is 0 Å². The van der Waals surface area contributed by atoms with E-state index in [4.69, 9.17) is 4.74 Å². The summed E-state index contributed by atoms with van der Waals surface area (Å²) in [5, 5.41) is 24.9. The van der Waals surface area contributed by atoms with Crippen molar-refractivity contribution in [1.82, 2.24) is 4.98 Å². The number of Topliss-reactive ketones (excluding diaryl/α,β-unsaturated/α-hetero) is 1. The van der Waals surface area contributed by atoms with Gasteiger partial charge in [0.15, 0.2) is 0 Å². The number of thiazole rings is 1. The number of aryl methyl sites for hydroxylation is 1. The summed E-state index contributed by atoms with van der Waals surface area (Å²) in [7, 11) is 0. The van der Waals surface area contributed by atoms with E-state index in [1.165, 1.54) is 5.57 Å². The van der Waals surface area contributed by atoms with Crippen LogP contribution < -0.4 is 0 Å². The summed E-state index contributed by atoms with van der Waals surface area (Å²) in [6.45, 7) is 9.31. The van der Waals surface area contributed by atoms with E-state index in [1.807, 2.05) is 25.3 Å². The number of hydrogen-bond donors (Lipinski definition) is 2. The molecule has 0 unspecified atom stereocenters. The van der Waals surface area contributed by atoms with E-state index in [0.717, 1.165) is 48.4 Å². The number of ketones is 1. The number of carbonyl (C=O) groups is 2. The maximum Gasteiger partial charge on any atom is 0.309 e. The molecule has 0 amide bonds. The first kappa shape index (κ1) is 27.8. The summed E-state index contributed by atoms with van der Waals surface area (Å²) in [5.41, 5.74) is 1.79. The van der Waals surface area contributed by atoms with E-state index in [2.05, 4.69) is 18.0 Å². The highest BCUT2D eigenvalue weighted by atomic mass is 32.1. The zero-order valence-electron chi connectivity index (χ0n) is 21.8. The van der Waals surface area contributed by atoms with Gasteiger partial charge in [-0.1, -0.05) is 31.9 Å². The number of fused-ring (bicyclic) bond motifs is 2. The van der Waals surface area contributed by atoms with Crippen LogP contribution in [0.3, 0.4) is 0 Å². The molecule has 2 heterocycles. The summed E-state index contributed by atoms with van der Waals surface area (Å²) in [4.78, 5) is 30.8. The van der Waals surface area contributed by atoms with Crippen LogP contribution in [-0.2, 0) is 14.3 Å². The zero-order valence-corrected chi connectivity index (χ0v) is 22.6.